The molecular weight excluding hydrogens is 198 g/mol. The molecular formula is C10H19NO4. The zero-order valence-corrected chi connectivity index (χ0v) is 9.30. The summed E-state index contributed by atoms with van der Waals surface area (Å²) in [5.41, 5.74) is 0. The van der Waals surface area contributed by atoms with E-state index in [1.807, 2.05) is 0 Å². The first-order chi connectivity index (χ1) is 6.97. The first kappa shape index (κ1) is 12.4. The normalized spacial score (nSPS) is 41.3. The molecule has 0 aromatic heterocycles. The zero-order valence-electron chi connectivity index (χ0n) is 9.30. The number of carbonyl (C=O) groups is 1. The van der Waals surface area contributed by atoms with Crippen molar-refractivity contribution >= 4 is 5.91 Å². The largest absolute Gasteiger partial charge is 0.394 e. The molecule has 0 radical (unpaired) electrons. The minimum atomic E-state index is -0.685. The van der Waals surface area contributed by atoms with E-state index in [9.17, 15) is 9.90 Å². The van der Waals surface area contributed by atoms with E-state index in [0.717, 1.165) is 0 Å². The maximum Gasteiger partial charge on any atom is 0.217 e. The van der Waals surface area contributed by atoms with E-state index in [1.165, 1.54) is 6.92 Å². The van der Waals surface area contributed by atoms with E-state index < -0.39 is 12.1 Å². The first-order valence-corrected chi connectivity index (χ1v) is 5.18. The van der Waals surface area contributed by atoms with Gasteiger partial charge in [0.05, 0.1) is 31.0 Å². The summed E-state index contributed by atoms with van der Waals surface area (Å²) in [6.07, 6.45) is -1.34. The van der Waals surface area contributed by atoms with Gasteiger partial charge in [-0.05, 0) is 6.92 Å². The molecule has 0 aliphatic carbocycles. The minimum absolute atomic E-state index is 0.116. The summed E-state index contributed by atoms with van der Waals surface area (Å²) in [5.74, 6) is -0.382. The van der Waals surface area contributed by atoms with Gasteiger partial charge in [-0.15, -0.1) is 0 Å². The molecule has 0 saturated carbocycles. The number of aliphatic hydroxyl groups is 2. The monoisotopic (exact) mass is 217 g/mol. The van der Waals surface area contributed by atoms with Gasteiger partial charge in [-0.1, -0.05) is 6.92 Å². The number of carbonyl (C=O) groups excluding carboxylic acids is 1. The third-order valence-electron chi connectivity index (χ3n) is 2.94. The summed E-state index contributed by atoms with van der Waals surface area (Å²) in [5, 5.41) is 21.7. The number of hydrogen-bond donors (Lipinski definition) is 3. The van der Waals surface area contributed by atoms with Gasteiger partial charge >= 0.3 is 0 Å². The van der Waals surface area contributed by atoms with Crippen LogP contribution in [0.25, 0.3) is 0 Å². The van der Waals surface area contributed by atoms with Crippen LogP contribution >= 0.6 is 0 Å². The van der Waals surface area contributed by atoms with Crippen LogP contribution in [0.4, 0.5) is 0 Å². The van der Waals surface area contributed by atoms with Gasteiger partial charge in [-0.25, -0.2) is 0 Å². The second kappa shape index (κ2) is 4.92. The highest BCUT2D eigenvalue weighted by Crippen LogP contribution is 2.25. The fourth-order valence-electron chi connectivity index (χ4n) is 1.96. The maximum atomic E-state index is 10.9. The summed E-state index contributed by atoms with van der Waals surface area (Å²) in [4.78, 5) is 10.9. The van der Waals surface area contributed by atoms with Gasteiger partial charge in [-0.2, -0.15) is 0 Å². The molecule has 5 atom stereocenters. The molecule has 1 fully saturated rings. The third-order valence-corrected chi connectivity index (χ3v) is 2.94. The van der Waals surface area contributed by atoms with Gasteiger partial charge < -0.3 is 20.3 Å². The summed E-state index contributed by atoms with van der Waals surface area (Å²) >= 11 is 0. The molecule has 1 rings (SSSR count). The molecule has 3 N–H and O–H groups in total. The van der Waals surface area contributed by atoms with Crippen LogP contribution in [0.2, 0.25) is 0 Å². The topological polar surface area (TPSA) is 78.8 Å². The van der Waals surface area contributed by atoms with Gasteiger partial charge in [0.1, 0.15) is 0 Å². The lowest BCUT2D eigenvalue weighted by Crippen LogP contribution is -2.60. The SMILES string of the molecule is CC(=O)N[C@H]1[C@@H](O)[C@H](C)[C@@H](CO)O[C@H]1C. The summed E-state index contributed by atoms with van der Waals surface area (Å²) in [6, 6.07) is -0.403. The molecule has 1 saturated heterocycles. The van der Waals surface area contributed by atoms with Crippen molar-refractivity contribution in [2.24, 2.45) is 5.92 Å². The summed E-state index contributed by atoms with van der Waals surface area (Å²) < 4.78 is 5.51. The maximum absolute atomic E-state index is 10.9. The molecule has 15 heavy (non-hydrogen) atoms. The lowest BCUT2D eigenvalue weighted by molar-refractivity contribution is -0.160. The van der Waals surface area contributed by atoms with Crippen LogP contribution in [-0.2, 0) is 9.53 Å². The lowest BCUT2D eigenvalue weighted by Gasteiger charge is -2.42. The number of ether oxygens (including phenoxy) is 1. The molecule has 0 aromatic rings. The fourth-order valence-corrected chi connectivity index (χ4v) is 1.96. The van der Waals surface area contributed by atoms with Crippen LogP contribution in [0, 0.1) is 5.92 Å². The van der Waals surface area contributed by atoms with Crippen LogP contribution in [0.15, 0.2) is 0 Å². The van der Waals surface area contributed by atoms with Crippen LogP contribution in [0.1, 0.15) is 20.8 Å². The van der Waals surface area contributed by atoms with Gasteiger partial charge in [0.15, 0.2) is 0 Å². The molecule has 5 heteroatoms. The molecule has 0 spiro atoms. The predicted molar refractivity (Wildman–Crippen MR) is 54.2 cm³/mol. The van der Waals surface area contributed by atoms with E-state index in [4.69, 9.17) is 9.84 Å². The number of amides is 1. The molecule has 1 heterocycles. The van der Waals surface area contributed by atoms with E-state index in [2.05, 4.69) is 5.32 Å². The molecule has 0 bridgehead atoms. The predicted octanol–water partition coefficient (Wildman–Crippen LogP) is -0.732. The van der Waals surface area contributed by atoms with E-state index in [0.29, 0.717) is 0 Å². The summed E-state index contributed by atoms with van der Waals surface area (Å²) in [6.45, 7) is 4.86. The Bertz CT molecular complexity index is 233. The minimum Gasteiger partial charge on any atom is -0.394 e. The van der Waals surface area contributed by atoms with Crippen LogP contribution < -0.4 is 5.32 Å². The second-order valence-electron chi connectivity index (χ2n) is 4.14. The van der Waals surface area contributed by atoms with Crippen molar-refractivity contribution in [1.82, 2.24) is 5.32 Å². The zero-order chi connectivity index (χ0) is 11.6. The standard InChI is InChI=1S/C10H19NO4/c1-5-8(4-12)15-6(2)9(10(5)14)11-7(3)13/h5-6,8-10,12,14H,4H2,1-3H3,(H,11,13)/t5-,6+,8-,9-,10+/m1/s1. The first-order valence-electron chi connectivity index (χ1n) is 5.18. The molecule has 1 aliphatic heterocycles. The van der Waals surface area contributed by atoms with E-state index in [1.54, 1.807) is 13.8 Å². The Labute approximate surface area is 89.4 Å². The smallest absolute Gasteiger partial charge is 0.217 e. The molecule has 1 aliphatic rings. The number of rotatable bonds is 2. The summed E-state index contributed by atoms with van der Waals surface area (Å²) in [7, 11) is 0. The highest BCUT2D eigenvalue weighted by atomic mass is 16.5. The van der Waals surface area contributed by atoms with Crippen LogP contribution in [-0.4, -0.2) is 47.1 Å². The number of hydrogen-bond acceptors (Lipinski definition) is 4. The quantitative estimate of drug-likeness (QED) is 0.569. The van der Waals surface area contributed by atoms with Gasteiger partial charge in [0.2, 0.25) is 5.91 Å². The van der Waals surface area contributed by atoms with Crippen molar-refractivity contribution in [3.63, 3.8) is 0 Å². The van der Waals surface area contributed by atoms with E-state index in [-0.39, 0.29) is 30.6 Å². The molecule has 1 amide bonds. The van der Waals surface area contributed by atoms with E-state index >= 15 is 0 Å². The Kier molecular flexibility index (Phi) is 4.07. The molecule has 0 unspecified atom stereocenters. The Morgan fingerprint density at radius 2 is 2.07 bits per heavy atom. The van der Waals surface area contributed by atoms with Crippen molar-refractivity contribution in [1.29, 1.82) is 0 Å². The second-order valence-corrected chi connectivity index (χ2v) is 4.14. The molecule has 0 aromatic carbocycles. The third kappa shape index (κ3) is 2.68. The van der Waals surface area contributed by atoms with Crippen molar-refractivity contribution < 1.29 is 19.7 Å². The highest BCUT2D eigenvalue weighted by molar-refractivity contribution is 5.73. The van der Waals surface area contributed by atoms with Gasteiger partial charge in [0.25, 0.3) is 0 Å². The lowest BCUT2D eigenvalue weighted by atomic mass is 9.87. The number of aliphatic hydroxyl groups excluding tert-OH is 2. The van der Waals surface area contributed by atoms with Crippen LogP contribution in [0.5, 0.6) is 0 Å². The van der Waals surface area contributed by atoms with Gasteiger partial charge in [0, 0.05) is 12.8 Å². The van der Waals surface area contributed by atoms with Crippen molar-refractivity contribution in [2.75, 3.05) is 6.61 Å². The Morgan fingerprint density at radius 3 is 2.53 bits per heavy atom. The van der Waals surface area contributed by atoms with Crippen molar-refractivity contribution in [3.8, 4) is 0 Å². The highest BCUT2D eigenvalue weighted by Gasteiger charge is 2.40. The number of nitrogens with one attached hydrogen (secondary N) is 1. The van der Waals surface area contributed by atoms with Crippen LogP contribution in [0.3, 0.4) is 0 Å². The Balaban J connectivity index is 2.70. The van der Waals surface area contributed by atoms with Crippen molar-refractivity contribution in [3.05, 3.63) is 0 Å². The Morgan fingerprint density at radius 1 is 1.47 bits per heavy atom. The Hall–Kier alpha value is -0.650. The van der Waals surface area contributed by atoms with Crippen molar-refractivity contribution in [2.45, 2.75) is 45.1 Å². The average molecular weight is 217 g/mol. The average Bonchev–Trinajstić information content (AvgIpc) is 2.18. The molecule has 5 nitrogen and oxygen atoms in total. The fraction of sp³-hybridized carbons (Fsp3) is 0.900. The molecule has 88 valence electrons. The van der Waals surface area contributed by atoms with Gasteiger partial charge in [-0.3, -0.25) is 4.79 Å².